The number of hydrogen-bond donors (Lipinski definition) is 1. The second kappa shape index (κ2) is 7.55. The summed E-state index contributed by atoms with van der Waals surface area (Å²) in [6.45, 7) is 9.19. The fraction of sp³-hybridized carbons (Fsp3) is 0.310. The van der Waals surface area contributed by atoms with E-state index in [2.05, 4.69) is 73.0 Å². The van der Waals surface area contributed by atoms with Crippen molar-refractivity contribution in [2.45, 2.75) is 64.7 Å². The van der Waals surface area contributed by atoms with Crippen molar-refractivity contribution in [3.05, 3.63) is 65.9 Å². The van der Waals surface area contributed by atoms with Crippen molar-refractivity contribution in [2.75, 3.05) is 0 Å². The van der Waals surface area contributed by atoms with Crippen LogP contribution in [0.3, 0.4) is 0 Å². The van der Waals surface area contributed by atoms with Gasteiger partial charge in [-0.3, -0.25) is 0 Å². The van der Waals surface area contributed by atoms with Crippen molar-refractivity contribution >= 4 is 68.3 Å². The minimum Gasteiger partial charge on any atom is -0.144 e. The highest BCUT2D eigenvalue weighted by molar-refractivity contribution is 7.80. The van der Waals surface area contributed by atoms with Gasteiger partial charge in [0.2, 0.25) is 0 Å². The molecule has 1 aromatic heterocycles. The van der Waals surface area contributed by atoms with Gasteiger partial charge in [0.15, 0.2) is 0 Å². The van der Waals surface area contributed by atoms with Gasteiger partial charge in [0.1, 0.15) is 15.7 Å². The smallest absolute Gasteiger partial charge is 0.140 e. The highest BCUT2D eigenvalue weighted by atomic mass is 32.1. The van der Waals surface area contributed by atoms with Gasteiger partial charge in [-0.1, -0.05) is 23.1 Å². The van der Waals surface area contributed by atoms with Gasteiger partial charge in [0.05, 0.1) is 0 Å². The molecule has 3 aliphatic rings. The van der Waals surface area contributed by atoms with Crippen LogP contribution >= 0.6 is 24.0 Å². The van der Waals surface area contributed by atoms with Crippen molar-refractivity contribution in [1.29, 1.82) is 0 Å². The molecule has 0 spiro atoms. The number of rotatable bonds is 1. The van der Waals surface area contributed by atoms with Gasteiger partial charge in [-0.05, 0) is 133 Å². The van der Waals surface area contributed by atoms with Crippen molar-refractivity contribution in [2.24, 2.45) is 0 Å². The normalized spacial score (nSPS) is 15.7. The van der Waals surface area contributed by atoms with Crippen LogP contribution in [0.25, 0.3) is 28.9 Å². The standard InChI is InChI=1S/C29H30B2S2/c1-13-14(2)25-21(12-20-26(25)15(3)29(32)16(4)27(20)30)28(31)24(13)17-9-10-23-19(11-17)18-7-5-6-8-22(18)33-23/h5,7,11,32H,6,8-10,12,30-31H2,1-4H3. The molecule has 0 amide bonds. The Labute approximate surface area is 209 Å². The molecule has 4 heteroatoms. The Morgan fingerprint density at radius 1 is 0.758 bits per heavy atom. The van der Waals surface area contributed by atoms with E-state index >= 15 is 0 Å². The molecule has 0 bridgehead atoms. The van der Waals surface area contributed by atoms with E-state index in [9.17, 15) is 0 Å². The molecule has 0 N–H and O–H groups in total. The highest BCUT2D eigenvalue weighted by Gasteiger charge is 2.31. The fourth-order valence-electron chi connectivity index (χ4n) is 6.59. The van der Waals surface area contributed by atoms with Crippen LogP contribution in [-0.4, -0.2) is 15.7 Å². The molecule has 2 aromatic carbocycles. The van der Waals surface area contributed by atoms with Crippen LogP contribution in [0.4, 0.5) is 0 Å². The molecule has 0 aliphatic heterocycles. The summed E-state index contributed by atoms with van der Waals surface area (Å²) in [5.41, 5.74) is 20.6. The van der Waals surface area contributed by atoms with Gasteiger partial charge in [-0.15, -0.1) is 24.0 Å². The van der Waals surface area contributed by atoms with Gasteiger partial charge in [0, 0.05) is 14.6 Å². The Morgan fingerprint density at radius 2 is 1.42 bits per heavy atom. The predicted octanol–water partition coefficient (Wildman–Crippen LogP) is 4.80. The number of fused-ring (bicyclic) bond motifs is 6. The fourth-order valence-corrected chi connectivity index (χ4v) is 8.16. The maximum Gasteiger partial charge on any atom is 0.140 e. The number of hydrogen-bond acceptors (Lipinski definition) is 2. The van der Waals surface area contributed by atoms with Gasteiger partial charge in [0.25, 0.3) is 0 Å². The van der Waals surface area contributed by atoms with E-state index in [1.165, 1.54) is 85.8 Å². The summed E-state index contributed by atoms with van der Waals surface area (Å²) < 4.78 is 0. The first-order valence-electron chi connectivity index (χ1n) is 12.3. The molecule has 0 radical (unpaired) electrons. The van der Waals surface area contributed by atoms with Crippen LogP contribution < -0.4 is 10.9 Å². The maximum absolute atomic E-state index is 4.91. The molecule has 6 rings (SSSR count). The SMILES string of the molecule is Bc1c(C)c(S)c(C)c2c1Cc1c(B)c(C3=Cc4c(sc5c4C=CCC5)CC3)c(C)c(C)c1-2. The molecular formula is C29H30B2S2. The Balaban J connectivity index is 1.57. The van der Waals surface area contributed by atoms with Gasteiger partial charge >= 0.3 is 0 Å². The van der Waals surface area contributed by atoms with Crippen LogP contribution in [0.15, 0.2) is 11.0 Å². The lowest BCUT2D eigenvalue weighted by Gasteiger charge is -2.24. The minimum absolute atomic E-state index is 1.06. The molecule has 3 aliphatic carbocycles. The highest BCUT2D eigenvalue weighted by Crippen LogP contribution is 2.46. The number of thiophene rings is 1. The Bertz CT molecular complexity index is 1450. The summed E-state index contributed by atoms with van der Waals surface area (Å²) in [4.78, 5) is 4.35. The van der Waals surface area contributed by atoms with Gasteiger partial charge < -0.3 is 0 Å². The molecular weight excluding hydrogens is 434 g/mol. The molecule has 0 fully saturated rings. The second-order valence-electron chi connectivity index (χ2n) is 10.2. The first kappa shape index (κ1) is 21.6. The summed E-state index contributed by atoms with van der Waals surface area (Å²) in [7, 11) is 4.67. The molecule has 3 aromatic rings. The van der Waals surface area contributed by atoms with E-state index in [-0.39, 0.29) is 0 Å². The van der Waals surface area contributed by atoms with E-state index in [1.54, 1.807) is 20.9 Å². The van der Waals surface area contributed by atoms with Crippen molar-refractivity contribution < 1.29 is 0 Å². The number of thiol groups is 1. The molecule has 0 saturated heterocycles. The minimum atomic E-state index is 1.06. The topological polar surface area (TPSA) is 0 Å². The molecule has 0 saturated carbocycles. The number of allylic oxidation sites excluding steroid dienone is 2. The Morgan fingerprint density at radius 3 is 2.21 bits per heavy atom. The van der Waals surface area contributed by atoms with Crippen LogP contribution in [0.1, 0.15) is 72.7 Å². The predicted molar refractivity (Wildman–Crippen MR) is 155 cm³/mol. The van der Waals surface area contributed by atoms with E-state index in [4.69, 9.17) is 12.6 Å². The number of aryl methyl sites for hydroxylation is 2. The van der Waals surface area contributed by atoms with E-state index in [1.807, 2.05) is 0 Å². The summed E-state index contributed by atoms with van der Waals surface area (Å²) >= 11 is 6.97. The van der Waals surface area contributed by atoms with Crippen LogP contribution in [-0.2, 0) is 19.3 Å². The van der Waals surface area contributed by atoms with Crippen LogP contribution in [0, 0.1) is 27.7 Å². The summed E-state index contributed by atoms with van der Waals surface area (Å²) in [6, 6.07) is 0. The zero-order valence-corrected chi connectivity index (χ0v) is 22.3. The Kier molecular flexibility index (Phi) is 4.95. The van der Waals surface area contributed by atoms with Gasteiger partial charge in [-0.2, -0.15) is 0 Å². The Hall–Kier alpha value is -1.90. The average Bonchev–Trinajstić information content (AvgIpc) is 3.39. The lowest BCUT2D eigenvalue weighted by molar-refractivity contribution is 1.01. The third-order valence-electron chi connectivity index (χ3n) is 8.67. The largest absolute Gasteiger partial charge is 0.144 e. The molecule has 33 heavy (non-hydrogen) atoms. The van der Waals surface area contributed by atoms with Crippen molar-refractivity contribution in [1.82, 2.24) is 0 Å². The average molecular weight is 464 g/mol. The molecule has 0 unspecified atom stereocenters. The third-order valence-corrected chi connectivity index (χ3v) is 10.7. The van der Waals surface area contributed by atoms with Crippen LogP contribution in [0.5, 0.6) is 0 Å². The lowest BCUT2D eigenvalue weighted by Crippen LogP contribution is -2.20. The van der Waals surface area contributed by atoms with Crippen molar-refractivity contribution in [3.63, 3.8) is 0 Å². The van der Waals surface area contributed by atoms with E-state index < -0.39 is 0 Å². The summed E-state index contributed by atoms with van der Waals surface area (Å²) in [5, 5.41) is 0. The van der Waals surface area contributed by atoms with Gasteiger partial charge in [-0.25, -0.2) is 0 Å². The lowest BCUT2D eigenvalue weighted by atomic mass is 9.74. The zero-order chi connectivity index (χ0) is 23.2. The number of benzene rings is 2. The summed E-state index contributed by atoms with van der Waals surface area (Å²) in [5.74, 6) is 0. The quantitative estimate of drug-likeness (QED) is 0.304. The monoisotopic (exact) mass is 464 g/mol. The summed E-state index contributed by atoms with van der Waals surface area (Å²) in [6.07, 6.45) is 13.1. The zero-order valence-electron chi connectivity index (χ0n) is 20.6. The third kappa shape index (κ3) is 2.93. The first-order chi connectivity index (χ1) is 15.8. The van der Waals surface area contributed by atoms with Crippen molar-refractivity contribution in [3.8, 4) is 11.1 Å². The van der Waals surface area contributed by atoms with E-state index in [0.717, 1.165) is 17.7 Å². The van der Waals surface area contributed by atoms with Crippen LogP contribution in [0.2, 0.25) is 0 Å². The molecule has 0 nitrogen and oxygen atoms in total. The molecule has 1 heterocycles. The molecule has 164 valence electrons. The first-order valence-corrected chi connectivity index (χ1v) is 13.5. The maximum atomic E-state index is 4.91. The second-order valence-corrected chi connectivity index (χ2v) is 11.9. The molecule has 0 atom stereocenters. The van der Waals surface area contributed by atoms with E-state index in [0.29, 0.717) is 0 Å².